The molecule has 1 amide bonds. The van der Waals surface area contributed by atoms with Gasteiger partial charge in [-0.05, 0) is 92.5 Å². The van der Waals surface area contributed by atoms with Crippen molar-refractivity contribution >= 4 is 16.8 Å². The van der Waals surface area contributed by atoms with Crippen LogP contribution in [0.5, 0.6) is 5.75 Å². The molecule has 192 valence electrons. The predicted octanol–water partition coefficient (Wildman–Crippen LogP) is 5.26. The average molecular weight is 497 g/mol. The first-order valence-electron chi connectivity index (χ1n) is 13.0. The number of aryl methyl sites for hydroxylation is 1. The van der Waals surface area contributed by atoms with Crippen LogP contribution in [0.4, 0.5) is 8.78 Å². The summed E-state index contributed by atoms with van der Waals surface area (Å²) in [4.78, 5) is 15.3. The van der Waals surface area contributed by atoms with Gasteiger partial charge in [0.2, 0.25) is 5.91 Å². The van der Waals surface area contributed by atoms with Crippen molar-refractivity contribution in [2.24, 2.45) is 5.92 Å². The fourth-order valence-electron chi connectivity index (χ4n) is 5.97. The van der Waals surface area contributed by atoms with Crippen molar-refractivity contribution in [3.05, 3.63) is 65.4 Å². The first-order chi connectivity index (χ1) is 17.2. The summed E-state index contributed by atoms with van der Waals surface area (Å²) >= 11 is 0. The molecule has 1 fully saturated rings. The van der Waals surface area contributed by atoms with E-state index < -0.39 is 11.7 Å². The second kappa shape index (κ2) is 9.85. The molecule has 2 aliphatic rings. The van der Waals surface area contributed by atoms with E-state index in [-0.39, 0.29) is 36.5 Å². The van der Waals surface area contributed by atoms with Crippen LogP contribution in [0.1, 0.15) is 50.8 Å². The first kappa shape index (κ1) is 24.8. The average Bonchev–Trinajstić information content (AvgIpc) is 3.14. The normalized spacial score (nSPS) is 22.2. The van der Waals surface area contributed by atoms with Gasteiger partial charge in [-0.3, -0.25) is 4.79 Å². The largest absolute Gasteiger partial charge is 0.486 e. The van der Waals surface area contributed by atoms with Crippen molar-refractivity contribution in [1.29, 1.82) is 0 Å². The molecule has 0 radical (unpaired) electrons. The van der Waals surface area contributed by atoms with E-state index in [1.54, 1.807) is 29.2 Å². The minimum Gasteiger partial charge on any atom is -0.486 e. The van der Waals surface area contributed by atoms with E-state index in [1.807, 2.05) is 13.8 Å². The van der Waals surface area contributed by atoms with Gasteiger partial charge in [-0.1, -0.05) is 13.8 Å². The fourth-order valence-corrected chi connectivity index (χ4v) is 5.97. The summed E-state index contributed by atoms with van der Waals surface area (Å²) in [6.45, 7) is 4.95. The van der Waals surface area contributed by atoms with E-state index in [4.69, 9.17) is 4.74 Å². The lowest BCUT2D eigenvalue weighted by atomic mass is 9.81. The number of hydrogen-bond donors (Lipinski definition) is 1. The Labute approximate surface area is 210 Å². The maximum atomic E-state index is 14.0. The van der Waals surface area contributed by atoms with Crippen LogP contribution in [0, 0.1) is 17.6 Å². The van der Waals surface area contributed by atoms with Crippen molar-refractivity contribution in [2.45, 2.75) is 70.6 Å². The molecule has 1 saturated heterocycles. The third kappa shape index (κ3) is 4.85. The molecule has 5 rings (SSSR count). The molecular formula is C29H34F2N2O3. The van der Waals surface area contributed by atoms with Crippen LogP contribution in [0.25, 0.3) is 10.9 Å². The lowest BCUT2D eigenvalue weighted by Gasteiger charge is -2.45. The van der Waals surface area contributed by atoms with Crippen LogP contribution in [0.3, 0.4) is 0 Å². The minimum absolute atomic E-state index is 0.0519. The molecule has 1 aliphatic heterocycles. The molecular weight excluding hydrogens is 462 g/mol. The highest BCUT2D eigenvalue weighted by molar-refractivity contribution is 5.88. The van der Waals surface area contributed by atoms with Crippen molar-refractivity contribution in [3.8, 4) is 5.75 Å². The Balaban J connectivity index is 1.40. The molecule has 1 aromatic heterocycles. The Morgan fingerprint density at radius 1 is 1.11 bits per heavy atom. The summed E-state index contributed by atoms with van der Waals surface area (Å²) in [5.74, 6) is 0.0343. The Bertz CT molecular complexity index is 1250. The smallest absolute Gasteiger partial charge is 0.242 e. The summed E-state index contributed by atoms with van der Waals surface area (Å²) in [6, 6.07) is 10.5. The van der Waals surface area contributed by atoms with Gasteiger partial charge in [0.05, 0.1) is 6.54 Å². The zero-order valence-electron chi connectivity index (χ0n) is 21.0. The number of carbonyl (C=O) groups is 1. The van der Waals surface area contributed by atoms with E-state index in [0.717, 1.165) is 47.8 Å². The summed E-state index contributed by atoms with van der Waals surface area (Å²) in [7, 11) is 0. The number of rotatable bonds is 6. The number of amides is 1. The van der Waals surface area contributed by atoms with Gasteiger partial charge in [0.15, 0.2) is 0 Å². The van der Waals surface area contributed by atoms with Crippen LogP contribution >= 0.6 is 0 Å². The number of hydrogen-bond acceptors (Lipinski definition) is 3. The molecule has 1 aliphatic carbocycles. The first-order valence-corrected chi connectivity index (χ1v) is 13.0. The SMILES string of the molecule is CC(C)C[C@]1(O)CCN(C(=O)Cn2c3c(c4cc(F)ccc42)CCCC3)C[C@@H]1Oc1ccc(F)cc1. The Hall–Kier alpha value is -2.93. The van der Waals surface area contributed by atoms with E-state index in [2.05, 4.69) is 4.57 Å². The van der Waals surface area contributed by atoms with E-state index >= 15 is 0 Å². The minimum atomic E-state index is -1.09. The Morgan fingerprint density at radius 2 is 1.83 bits per heavy atom. The van der Waals surface area contributed by atoms with Gasteiger partial charge in [-0.2, -0.15) is 0 Å². The summed E-state index contributed by atoms with van der Waals surface area (Å²) < 4.78 is 35.7. The number of carbonyl (C=O) groups excluding carboxylic acids is 1. The van der Waals surface area contributed by atoms with E-state index in [0.29, 0.717) is 25.1 Å². The predicted molar refractivity (Wildman–Crippen MR) is 135 cm³/mol. The molecule has 0 spiro atoms. The number of benzene rings is 2. The maximum Gasteiger partial charge on any atom is 0.242 e. The quantitative estimate of drug-likeness (QED) is 0.507. The molecule has 0 bridgehead atoms. The summed E-state index contributed by atoms with van der Waals surface area (Å²) in [5.41, 5.74) is 2.09. The number of aliphatic hydroxyl groups is 1. The standard InChI is InChI=1S/C29H34F2N2O3/c1-19(2)16-29(35)13-14-32(17-27(29)36-22-10-7-20(30)8-11-22)28(34)18-33-25-6-4-3-5-23(25)24-15-21(31)9-12-26(24)33/h7-12,15,19,27,35H,3-6,13-14,16-18H2,1-2H3/t27-,29+/m0/s1. The van der Waals surface area contributed by atoms with Crippen molar-refractivity contribution in [1.82, 2.24) is 9.47 Å². The molecule has 2 atom stereocenters. The van der Waals surface area contributed by atoms with Gasteiger partial charge in [0.1, 0.15) is 35.6 Å². The van der Waals surface area contributed by atoms with Gasteiger partial charge in [0, 0.05) is 23.1 Å². The highest BCUT2D eigenvalue weighted by Crippen LogP contribution is 2.35. The fraction of sp³-hybridized carbons (Fsp3) is 0.483. The number of piperidine rings is 1. The molecule has 36 heavy (non-hydrogen) atoms. The number of aromatic nitrogens is 1. The molecule has 3 aromatic rings. The lowest BCUT2D eigenvalue weighted by Crippen LogP contribution is -2.59. The van der Waals surface area contributed by atoms with Crippen LogP contribution < -0.4 is 4.74 Å². The molecule has 0 saturated carbocycles. The number of fused-ring (bicyclic) bond motifs is 3. The summed E-state index contributed by atoms with van der Waals surface area (Å²) in [6.07, 6.45) is 4.21. The zero-order chi connectivity index (χ0) is 25.4. The molecule has 7 heteroatoms. The Morgan fingerprint density at radius 3 is 2.58 bits per heavy atom. The molecule has 0 unspecified atom stereocenters. The summed E-state index contributed by atoms with van der Waals surface area (Å²) in [5, 5.41) is 12.4. The molecule has 1 N–H and O–H groups in total. The topological polar surface area (TPSA) is 54.7 Å². The van der Waals surface area contributed by atoms with Gasteiger partial charge >= 0.3 is 0 Å². The van der Waals surface area contributed by atoms with Gasteiger partial charge in [-0.25, -0.2) is 8.78 Å². The van der Waals surface area contributed by atoms with Crippen LogP contribution in [-0.4, -0.2) is 45.3 Å². The van der Waals surface area contributed by atoms with Crippen LogP contribution in [0.2, 0.25) is 0 Å². The number of halogens is 2. The number of likely N-dealkylation sites (tertiary alicyclic amines) is 1. The van der Waals surface area contributed by atoms with Crippen LogP contribution in [0.15, 0.2) is 42.5 Å². The van der Waals surface area contributed by atoms with Gasteiger partial charge in [0.25, 0.3) is 0 Å². The third-order valence-electron chi connectivity index (χ3n) is 7.64. The zero-order valence-corrected chi connectivity index (χ0v) is 21.0. The van der Waals surface area contributed by atoms with E-state index in [9.17, 15) is 18.7 Å². The van der Waals surface area contributed by atoms with Crippen LogP contribution in [-0.2, 0) is 24.2 Å². The highest BCUT2D eigenvalue weighted by atomic mass is 19.1. The van der Waals surface area contributed by atoms with Crippen molar-refractivity contribution in [2.75, 3.05) is 13.1 Å². The lowest BCUT2D eigenvalue weighted by molar-refractivity contribution is -0.148. The molecule has 5 nitrogen and oxygen atoms in total. The maximum absolute atomic E-state index is 14.0. The number of nitrogens with zero attached hydrogens (tertiary/aromatic N) is 2. The van der Waals surface area contributed by atoms with Crippen molar-refractivity contribution in [3.63, 3.8) is 0 Å². The molecule has 2 heterocycles. The second-order valence-corrected chi connectivity index (χ2v) is 10.7. The van der Waals surface area contributed by atoms with E-state index in [1.165, 1.54) is 18.2 Å². The molecule has 2 aromatic carbocycles. The van der Waals surface area contributed by atoms with Gasteiger partial charge in [-0.15, -0.1) is 0 Å². The second-order valence-electron chi connectivity index (χ2n) is 10.7. The van der Waals surface area contributed by atoms with Crippen molar-refractivity contribution < 1.29 is 23.4 Å². The Kier molecular flexibility index (Phi) is 6.77. The third-order valence-corrected chi connectivity index (χ3v) is 7.64. The van der Waals surface area contributed by atoms with Gasteiger partial charge < -0.3 is 19.3 Å². The monoisotopic (exact) mass is 496 g/mol. The number of ether oxygens (including phenoxy) is 1. The highest BCUT2D eigenvalue weighted by Gasteiger charge is 2.44.